The second kappa shape index (κ2) is 3.79. The van der Waals surface area contributed by atoms with Crippen LogP contribution in [0.5, 0.6) is 0 Å². The van der Waals surface area contributed by atoms with E-state index in [2.05, 4.69) is 4.74 Å². The van der Waals surface area contributed by atoms with Crippen molar-refractivity contribution in [1.82, 2.24) is 0 Å². The lowest BCUT2D eigenvalue weighted by Crippen LogP contribution is -2.04. The van der Waals surface area contributed by atoms with E-state index in [1.54, 1.807) is 0 Å². The summed E-state index contributed by atoms with van der Waals surface area (Å²) in [6.07, 6.45) is -4.29. The van der Waals surface area contributed by atoms with Crippen LogP contribution in [0.4, 0.5) is 13.2 Å². The van der Waals surface area contributed by atoms with Crippen LogP contribution in [0, 0.1) is 7.11 Å². The summed E-state index contributed by atoms with van der Waals surface area (Å²) >= 11 is 0. The highest BCUT2D eigenvalue weighted by Crippen LogP contribution is 2.29. The van der Waals surface area contributed by atoms with Crippen LogP contribution < -0.4 is 0 Å². The number of rotatable bonds is 2. The molecule has 1 nitrogen and oxygen atoms in total. The minimum Gasteiger partial charge on any atom is -0.368 e. The van der Waals surface area contributed by atoms with Crippen LogP contribution in [0.15, 0.2) is 24.3 Å². The zero-order valence-electron chi connectivity index (χ0n) is 6.64. The first kappa shape index (κ1) is 10.1. The topological polar surface area (TPSA) is 9.23 Å². The second-order valence-electron chi connectivity index (χ2n) is 2.51. The fourth-order valence-electron chi connectivity index (χ4n) is 0.886. The highest BCUT2D eigenvalue weighted by molar-refractivity contribution is 5.24. The van der Waals surface area contributed by atoms with Gasteiger partial charge in [0.25, 0.3) is 0 Å². The number of halogens is 3. The molecule has 70 valence electrons. The van der Waals surface area contributed by atoms with E-state index in [4.69, 9.17) is 7.11 Å². The molecule has 1 aromatic carbocycles. The van der Waals surface area contributed by atoms with Gasteiger partial charge in [0.2, 0.25) is 0 Å². The van der Waals surface area contributed by atoms with Crippen LogP contribution in [0.2, 0.25) is 0 Å². The van der Waals surface area contributed by atoms with E-state index in [9.17, 15) is 13.2 Å². The normalized spacial score (nSPS) is 11.7. The molecule has 0 aromatic heterocycles. The van der Waals surface area contributed by atoms with Crippen molar-refractivity contribution in [3.8, 4) is 0 Å². The Morgan fingerprint density at radius 2 is 1.69 bits per heavy atom. The third-order valence-corrected chi connectivity index (χ3v) is 1.53. The molecule has 0 aliphatic rings. The third-order valence-electron chi connectivity index (χ3n) is 1.53. The van der Waals surface area contributed by atoms with Gasteiger partial charge in [-0.2, -0.15) is 13.2 Å². The number of benzene rings is 1. The summed E-state index contributed by atoms with van der Waals surface area (Å²) in [5.41, 5.74) is -0.0660. The summed E-state index contributed by atoms with van der Waals surface area (Å²) in [4.78, 5) is 0. The number of ether oxygens (including phenoxy) is 1. The molecule has 0 fully saturated rings. The fourth-order valence-corrected chi connectivity index (χ4v) is 0.886. The molecule has 0 atom stereocenters. The van der Waals surface area contributed by atoms with Crippen LogP contribution in [0.1, 0.15) is 11.1 Å². The molecule has 0 aliphatic heterocycles. The fraction of sp³-hybridized carbons (Fsp3) is 0.222. The average molecular weight is 188 g/mol. The predicted molar refractivity (Wildman–Crippen MR) is 40.5 cm³/mol. The molecule has 4 heteroatoms. The van der Waals surface area contributed by atoms with E-state index in [1.165, 1.54) is 12.1 Å². The van der Waals surface area contributed by atoms with Gasteiger partial charge in [0.05, 0.1) is 12.2 Å². The van der Waals surface area contributed by atoms with Gasteiger partial charge in [-0.3, -0.25) is 0 Å². The van der Waals surface area contributed by atoms with Crippen molar-refractivity contribution in [3.63, 3.8) is 0 Å². The Morgan fingerprint density at radius 1 is 1.15 bits per heavy atom. The van der Waals surface area contributed by atoms with Crippen LogP contribution in [0.3, 0.4) is 0 Å². The Balaban J connectivity index is 2.81. The Labute approximate surface area is 74.1 Å². The van der Waals surface area contributed by atoms with Gasteiger partial charge in [0, 0.05) is 0 Å². The Hall–Kier alpha value is -1.03. The van der Waals surface area contributed by atoms with Crippen LogP contribution in [-0.2, 0) is 17.5 Å². The lowest BCUT2D eigenvalue weighted by atomic mass is 10.1. The zero-order valence-corrected chi connectivity index (χ0v) is 6.64. The molecule has 0 saturated carbocycles. The van der Waals surface area contributed by atoms with Gasteiger partial charge >= 0.3 is 6.18 Å². The summed E-state index contributed by atoms with van der Waals surface area (Å²) in [5, 5.41) is 0. The molecule has 0 heterocycles. The molecular formula is C9H7F3O. The zero-order chi connectivity index (χ0) is 9.90. The maximum Gasteiger partial charge on any atom is 0.416 e. The van der Waals surface area contributed by atoms with Crippen molar-refractivity contribution < 1.29 is 17.9 Å². The largest absolute Gasteiger partial charge is 0.416 e. The molecule has 13 heavy (non-hydrogen) atoms. The van der Waals surface area contributed by atoms with Gasteiger partial charge in [-0.1, -0.05) is 12.1 Å². The van der Waals surface area contributed by atoms with E-state index in [1.807, 2.05) is 0 Å². The van der Waals surface area contributed by atoms with Crippen LogP contribution in [-0.4, -0.2) is 0 Å². The first-order valence-electron chi connectivity index (χ1n) is 3.52. The van der Waals surface area contributed by atoms with Crippen LogP contribution >= 0.6 is 0 Å². The molecule has 0 saturated heterocycles. The minimum absolute atomic E-state index is 0.109. The van der Waals surface area contributed by atoms with Crippen molar-refractivity contribution in [1.29, 1.82) is 0 Å². The van der Waals surface area contributed by atoms with Crippen molar-refractivity contribution in [3.05, 3.63) is 42.5 Å². The number of hydrogen-bond acceptors (Lipinski definition) is 1. The molecule has 1 aromatic rings. The molecule has 2 radical (unpaired) electrons. The van der Waals surface area contributed by atoms with Gasteiger partial charge in [-0.25, -0.2) is 0 Å². The summed E-state index contributed by atoms with van der Waals surface area (Å²) in [6.45, 7) is 0.109. The highest BCUT2D eigenvalue weighted by Gasteiger charge is 2.29. The van der Waals surface area contributed by atoms with E-state index in [0.717, 1.165) is 12.1 Å². The highest BCUT2D eigenvalue weighted by atomic mass is 19.4. The molecule has 0 N–H and O–H groups in total. The Bertz CT molecular complexity index is 263. The maximum atomic E-state index is 12.0. The van der Waals surface area contributed by atoms with E-state index in [0.29, 0.717) is 5.56 Å². The monoisotopic (exact) mass is 188 g/mol. The maximum absolute atomic E-state index is 12.0. The second-order valence-corrected chi connectivity index (χ2v) is 2.51. The lowest BCUT2D eigenvalue weighted by molar-refractivity contribution is -0.137. The average Bonchev–Trinajstić information content (AvgIpc) is 2.04. The van der Waals surface area contributed by atoms with Crippen LogP contribution in [0.25, 0.3) is 0 Å². The SMILES string of the molecule is [CH]OCc1ccc(C(F)(F)F)cc1. The van der Waals surface area contributed by atoms with Crippen molar-refractivity contribution >= 4 is 0 Å². The minimum atomic E-state index is -4.29. The Kier molecular flexibility index (Phi) is 2.93. The first-order valence-corrected chi connectivity index (χ1v) is 3.52. The summed E-state index contributed by atoms with van der Waals surface area (Å²) in [5.74, 6) is 0. The smallest absolute Gasteiger partial charge is 0.368 e. The molecule has 0 aliphatic carbocycles. The van der Waals surface area contributed by atoms with Gasteiger partial charge in [-0.05, 0) is 17.7 Å². The third kappa shape index (κ3) is 2.73. The van der Waals surface area contributed by atoms with E-state index >= 15 is 0 Å². The van der Waals surface area contributed by atoms with E-state index < -0.39 is 11.7 Å². The van der Waals surface area contributed by atoms with Gasteiger partial charge in [0.15, 0.2) is 0 Å². The summed E-state index contributed by atoms with van der Waals surface area (Å²) in [7, 11) is 4.76. The van der Waals surface area contributed by atoms with Crippen molar-refractivity contribution in [2.24, 2.45) is 0 Å². The summed E-state index contributed by atoms with van der Waals surface area (Å²) in [6, 6.07) is 4.65. The molecule has 1 rings (SSSR count). The summed E-state index contributed by atoms with van der Waals surface area (Å²) < 4.78 is 40.4. The van der Waals surface area contributed by atoms with Gasteiger partial charge in [0.1, 0.15) is 7.11 Å². The number of alkyl halides is 3. The van der Waals surface area contributed by atoms with Gasteiger partial charge in [-0.15, -0.1) is 0 Å². The first-order chi connectivity index (χ1) is 6.04. The molecule has 0 bridgehead atoms. The van der Waals surface area contributed by atoms with Crippen molar-refractivity contribution in [2.45, 2.75) is 12.8 Å². The van der Waals surface area contributed by atoms with E-state index in [-0.39, 0.29) is 6.61 Å². The lowest BCUT2D eigenvalue weighted by Gasteiger charge is -2.06. The molecule has 0 spiro atoms. The van der Waals surface area contributed by atoms with Crippen molar-refractivity contribution in [2.75, 3.05) is 0 Å². The molecular weight excluding hydrogens is 181 g/mol. The Morgan fingerprint density at radius 3 is 2.08 bits per heavy atom. The standard InChI is InChI=1S/C9H7F3O/c1-13-6-7-2-4-8(5-3-7)9(10,11)12/h1-5H,6H2. The molecule has 0 amide bonds. The molecule has 0 unspecified atom stereocenters. The predicted octanol–water partition coefficient (Wildman–Crippen LogP) is 2.89. The van der Waals surface area contributed by atoms with Gasteiger partial charge < -0.3 is 4.74 Å². The number of hydrogen-bond donors (Lipinski definition) is 0. The quantitative estimate of drug-likeness (QED) is 0.693.